The summed E-state index contributed by atoms with van der Waals surface area (Å²) in [6, 6.07) is 7.67. The number of aliphatic imine (C=N–C) groups is 1. The van der Waals surface area contributed by atoms with Gasteiger partial charge in [0.2, 0.25) is 0 Å². The molecule has 0 saturated carbocycles. The first-order valence-electron chi connectivity index (χ1n) is 8.10. The maximum Gasteiger partial charge on any atom is 0.407 e. The Hall–Kier alpha value is -1.23. The van der Waals surface area contributed by atoms with Crippen molar-refractivity contribution in [2.75, 3.05) is 33.3 Å². The molecule has 0 spiro atoms. The summed E-state index contributed by atoms with van der Waals surface area (Å²) in [5, 5.41) is 8.92. The van der Waals surface area contributed by atoms with Crippen molar-refractivity contribution in [3.05, 3.63) is 28.7 Å². The van der Waals surface area contributed by atoms with Crippen molar-refractivity contribution in [2.24, 2.45) is 4.99 Å². The lowest BCUT2D eigenvalue weighted by Gasteiger charge is -2.19. The monoisotopic (exact) mass is 542 g/mol. The van der Waals surface area contributed by atoms with Gasteiger partial charge in [-0.15, -0.1) is 24.0 Å². The van der Waals surface area contributed by atoms with E-state index >= 15 is 0 Å². The summed E-state index contributed by atoms with van der Waals surface area (Å²) in [5.41, 5.74) is -0.496. The second-order valence-corrected chi connectivity index (χ2v) is 7.07. The highest BCUT2D eigenvalue weighted by molar-refractivity contribution is 14.0. The summed E-state index contributed by atoms with van der Waals surface area (Å²) in [6.07, 6.45) is -0.430. The molecule has 0 aromatic heterocycles. The zero-order valence-electron chi connectivity index (χ0n) is 15.6. The molecule has 1 aromatic carbocycles. The van der Waals surface area contributed by atoms with Crippen molar-refractivity contribution < 1.29 is 14.3 Å². The molecule has 0 saturated heterocycles. The average molecular weight is 543 g/mol. The van der Waals surface area contributed by atoms with E-state index in [4.69, 9.17) is 9.47 Å². The van der Waals surface area contributed by atoms with Crippen LogP contribution in [0.5, 0.6) is 5.75 Å². The van der Waals surface area contributed by atoms with Gasteiger partial charge >= 0.3 is 6.09 Å². The Morgan fingerprint density at radius 1 is 1.08 bits per heavy atom. The molecule has 7 nitrogen and oxygen atoms in total. The smallest absolute Gasteiger partial charge is 0.407 e. The van der Waals surface area contributed by atoms with Gasteiger partial charge in [0.25, 0.3) is 0 Å². The molecule has 3 N–H and O–H groups in total. The molecule has 1 amide bonds. The van der Waals surface area contributed by atoms with Crippen LogP contribution in [0.4, 0.5) is 4.79 Å². The summed E-state index contributed by atoms with van der Waals surface area (Å²) in [4.78, 5) is 15.6. The number of hydrogen-bond acceptors (Lipinski definition) is 4. The quantitative estimate of drug-likeness (QED) is 0.213. The van der Waals surface area contributed by atoms with Crippen LogP contribution >= 0.6 is 39.9 Å². The van der Waals surface area contributed by atoms with Crippen molar-refractivity contribution in [1.29, 1.82) is 0 Å². The maximum atomic E-state index is 11.5. The van der Waals surface area contributed by atoms with E-state index in [1.54, 1.807) is 7.05 Å². The Morgan fingerprint density at radius 2 is 1.65 bits per heavy atom. The molecule has 0 aliphatic rings. The molecule has 0 radical (unpaired) electrons. The van der Waals surface area contributed by atoms with Crippen molar-refractivity contribution in [3.63, 3.8) is 0 Å². The first-order valence-corrected chi connectivity index (χ1v) is 8.89. The Kier molecular flexibility index (Phi) is 12.4. The second kappa shape index (κ2) is 13.0. The largest absolute Gasteiger partial charge is 0.492 e. The number of amides is 1. The standard InChI is InChI=1S/C17H27BrN4O3.HI/c1-17(2,3)25-16(23)22-10-9-20-15(19-4)21-11-12-24-14-7-5-13(18)6-8-14;/h5-8H,9-12H2,1-4H3,(H,22,23)(H2,19,20,21);1H. The van der Waals surface area contributed by atoms with Crippen molar-refractivity contribution in [3.8, 4) is 5.75 Å². The topological polar surface area (TPSA) is 84.0 Å². The number of carbonyl (C=O) groups excluding carboxylic acids is 1. The minimum absolute atomic E-state index is 0. The lowest BCUT2D eigenvalue weighted by molar-refractivity contribution is 0.0529. The number of ether oxygens (including phenoxy) is 2. The van der Waals surface area contributed by atoms with Crippen molar-refractivity contribution >= 4 is 52.0 Å². The number of guanidine groups is 1. The fourth-order valence-corrected chi connectivity index (χ4v) is 2.01. The van der Waals surface area contributed by atoms with Gasteiger partial charge in [0.15, 0.2) is 5.96 Å². The van der Waals surface area contributed by atoms with Gasteiger partial charge < -0.3 is 25.4 Å². The number of rotatable bonds is 7. The molecule has 0 heterocycles. The van der Waals surface area contributed by atoms with E-state index in [1.807, 2.05) is 45.0 Å². The summed E-state index contributed by atoms with van der Waals surface area (Å²) in [7, 11) is 1.69. The lowest BCUT2D eigenvalue weighted by Crippen LogP contribution is -2.43. The first-order chi connectivity index (χ1) is 11.8. The number of carbonyl (C=O) groups is 1. The normalized spacial score (nSPS) is 11.2. The SMILES string of the molecule is CN=C(NCCNC(=O)OC(C)(C)C)NCCOc1ccc(Br)cc1.I. The van der Waals surface area contributed by atoms with Crippen LogP contribution in [0, 0.1) is 0 Å². The number of halogens is 2. The van der Waals surface area contributed by atoms with Gasteiger partial charge in [0.05, 0.1) is 6.54 Å². The molecule has 1 aromatic rings. The molecule has 9 heteroatoms. The third kappa shape index (κ3) is 12.2. The highest BCUT2D eigenvalue weighted by atomic mass is 127. The van der Waals surface area contributed by atoms with Crippen LogP contribution < -0.4 is 20.7 Å². The van der Waals surface area contributed by atoms with Crippen LogP contribution in [0.1, 0.15) is 20.8 Å². The molecule has 0 fully saturated rings. The highest BCUT2D eigenvalue weighted by Crippen LogP contribution is 2.15. The molecule has 148 valence electrons. The van der Waals surface area contributed by atoms with Crippen molar-refractivity contribution in [1.82, 2.24) is 16.0 Å². The van der Waals surface area contributed by atoms with E-state index in [1.165, 1.54) is 0 Å². The molecule has 26 heavy (non-hydrogen) atoms. The number of nitrogens with zero attached hydrogens (tertiary/aromatic N) is 1. The predicted octanol–water partition coefficient (Wildman–Crippen LogP) is 3.14. The van der Waals surface area contributed by atoms with Gasteiger partial charge in [-0.1, -0.05) is 15.9 Å². The summed E-state index contributed by atoms with van der Waals surface area (Å²) in [6.45, 7) is 7.57. The highest BCUT2D eigenvalue weighted by Gasteiger charge is 2.15. The van der Waals surface area contributed by atoms with Crippen LogP contribution in [0.25, 0.3) is 0 Å². The zero-order chi connectivity index (χ0) is 18.7. The summed E-state index contributed by atoms with van der Waals surface area (Å²) in [5.74, 6) is 1.46. The predicted molar refractivity (Wildman–Crippen MR) is 119 cm³/mol. The van der Waals surface area contributed by atoms with Crippen molar-refractivity contribution in [2.45, 2.75) is 26.4 Å². The van der Waals surface area contributed by atoms with E-state index < -0.39 is 11.7 Å². The van der Waals surface area contributed by atoms with Crippen LogP contribution in [0.2, 0.25) is 0 Å². The molecule has 1 rings (SSSR count). The Labute approximate surface area is 180 Å². The third-order valence-corrected chi connectivity index (χ3v) is 3.31. The molecular weight excluding hydrogens is 515 g/mol. The van der Waals surface area contributed by atoms with E-state index in [2.05, 4.69) is 36.9 Å². The number of hydrogen-bond donors (Lipinski definition) is 3. The average Bonchev–Trinajstić information content (AvgIpc) is 2.53. The van der Waals surface area contributed by atoms with Crippen LogP contribution in [-0.4, -0.2) is 50.9 Å². The molecule has 0 atom stereocenters. The number of alkyl carbamates (subject to hydrolysis) is 1. The van der Waals surface area contributed by atoms with E-state index in [0.717, 1.165) is 10.2 Å². The molecule has 0 aliphatic heterocycles. The minimum Gasteiger partial charge on any atom is -0.492 e. The summed E-state index contributed by atoms with van der Waals surface area (Å²) >= 11 is 3.38. The Morgan fingerprint density at radius 3 is 2.23 bits per heavy atom. The minimum atomic E-state index is -0.496. The van der Waals surface area contributed by atoms with Gasteiger partial charge in [-0.25, -0.2) is 4.79 Å². The Bertz CT molecular complexity index is 562. The van der Waals surface area contributed by atoms with Gasteiger partial charge in [0.1, 0.15) is 18.0 Å². The molecule has 0 unspecified atom stereocenters. The fraction of sp³-hybridized carbons (Fsp3) is 0.529. The molecular formula is C17H28BrIN4O3. The van der Waals surface area contributed by atoms with E-state index in [-0.39, 0.29) is 24.0 Å². The van der Waals surface area contributed by atoms with Gasteiger partial charge in [-0.3, -0.25) is 4.99 Å². The maximum absolute atomic E-state index is 11.5. The van der Waals surface area contributed by atoms with E-state index in [9.17, 15) is 4.79 Å². The lowest BCUT2D eigenvalue weighted by atomic mass is 10.2. The second-order valence-electron chi connectivity index (χ2n) is 6.16. The van der Waals surface area contributed by atoms with Gasteiger partial charge in [-0.05, 0) is 45.0 Å². The van der Waals surface area contributed by atoms with E-state index in [0.29, 0.717) is 32.2 Å². The molecule has 0 aliphatic carbocycles. The molecule has 0 bridgehead atoms. The van der Waals surface area contributed by atoms with Crippen LogP contribution in [0.3, 0.4) is 0 Å². The summed E-state index contributed by atoms with van der Waals surface area (Å²) < 4.78 is 11.8. The zero-order valence-corrected chi connectivity index (χ0v) is 19.5. The Balaban J connectivity index is 0.00000625. The third-order valence-electron chi connectivity index (χ3n) is 2.79. The first kappa shape index (κ1) is 24.8. The van der Waals surface area contributed by atoms with Gasteiger partial charge in [0, 0.05) is 24.6 Å². The van der Waals surface area contributed by atoms with Crippen LogP contribution in [-0.2, 0) is 4.74 Å². The van der Waals surface area contributed by atoms with Crippen LogP contribution in [0.15, 0.2) is 33.7 Å². The number of benzene rings is 1. The van der Waals surface area contributed by atoms with Gasteiger partial charge in [-0.2, -0.15) is 0 Å². The number of nitrogens with one attached hydrogen (secondary N) is 3. The fourth-order valence-electron chi connectivity index (χ4n) is 1.75.